The number of aromatic amines is 1. The summed E-state index contributed by atoms with van der Waals surface area (Å²) in [6.07, 6.45) is 3.43. The van der Waals surface area contributed by atoms with Gasteiger partial charge in [-0.05, 0) is 39.7 Å². The number of hydrogen-bond donors (Lipinski definition) is 2. The van der Waals surface area contributed by atoms with E-state index in [1.807, 2.05) is 39.4 Å². The number of carbonyl (C=O) groups excluding carboxylic acids is 1. The summed E-state index contributed by atoms with van der Waals surface area (Å²) >= 11 is 0. The molecule has 2 aromatic rings. The van der Waals surface area contributed by atoms with Crippen molar-refractivity contribution in [3.63, 3.8) is 0 Å². The van der Waals surface area contributed by atoms with Gasteiger partial charge in [-0.2, -0.15) is 5.10 Å². The van der Waals surface area contributed by atoms with Gasteiger partial charge in [-0.15, -0.1) is 0 Å². The van der Waals surface area contributed by atoms with Crippen molar-refractivity contribution in [3.8, 4) is 0 Å². The van der Waals surface area contributed by atoms with E-state index in [1.165, 1.54) is 0 Å². The standard InChI is InChI=1S/C17H28N6O/c1-6-15(16-18-11-13(3)19-16)20-17(24)22(5)8-7-9-23-14(4)10-12(2)21-23/h10-11,15H,6-9H2,1-5H3,(H,18,19)(H,20,24)/t15-/m1/s1. The van der Waals surface area contributed by atoms with Gasteiger partial charge in [0, 0.05) is 37.7 Å². The van der Waals surface area contributed by atoms with Crippen molar-refractivity contribution < 1.29 is 4.79 Å². The summed E-state index contributed by atoms with van der Waals surface area (Å²) in [5, 5.41) is 7.47. The summed E-state index contributed by atoms with van der Waals surface area (Å²) in [7, 11) is 1.82. The number of rotatable bonds is 7. The molecule has 0 unspecified atom stereocenters. The van der Waals surface area contributed by atoms with Gasteiger partial charge in [0.15, 0.2) is 0 Å². The zero-order valence-electron chi connectivity index (χ0n) is 15.3. The van der Waals surface area contributed by atoms with Gasteiger partial charge < -0.3 is 15.2 Å². The summed E-state index contributed by atoms with van der Waals surface area (Å²) in [4.78, 5) is 21.6. The number of imidazole rings is 1. The highest BCUT2D eigenvalue weighted by molar-refractivity contribution is 5.74. The summed E-state index contributed by atoms with van der Waals surface area (Å²) in [6, 6.07) is 1.89. The van der Waals surface area contributed by atoms with Gasteiger partial charge in [-0.3, -0.25) is 4.68 Å². The first-order valence-electron chi connectivity index (χ1n) is 8.45. The molecule has 0 aromatic carbocycles. The van der Waals surface area contributed by atoms with Crippen LogP contribution in [0, 0.1) is 20.8 Å². The van der Waals surface area contributed by atoms with Crippen LogP contribution < -0.4 is 5.32 Å². The van der Waals surface area contributed by atoms with Crippen LogP contribution in [0.3, 0.4) is 0 Å². The molecule has 132 valence electrons. The second-order valence-electron chi connectivity index (χ2n) is 6.29. The highest BCUT2D eigenvalue weighted by Crippen LogP contribution is 2.13. The fourth-order valence-electron chi connectivity index (χ4n) is 2.69. The summed E-state index contributed by atoms with van der Waals surface area (Å²) in [5.74, 6) is 0.805. The first kappa shape index (κ1) is 18.0. The van der Waals surface area contributed by atoms with E-state index < -0.39 is 0 Å². The molecular formula is C17H28N6O. The molecule has 0 fully saturated rings. The van der Waals surface area contributed by atoms with Gasteiger partial charge in [0.05, 0.1) is 11.7 Å². The molecule has 2 heterocycles. The first-order valence-corrected chi connectivity index (χ1v) is 8.45. The Labute approximate surface area is 143 Å². The molecule has 24 heavy (non-hydrogen) atoms. The maximum absolute atomic E-state index is 12.4. The monoisotopic (exact) mass is 332 g/mol. The zero-order chi connectivity index (χ0) is 17.7. The third-order valence-electron chi connectivity index (χ3n) is 4.07. The minimum absolute atomic E-state index is 0.0794. The van der Waals surface area contributed by atoms with Gasteiger partial charge in [-0.25, -0.2) is 9.78 Å². The van der Waals surface area contributed by atoms with Gasteiger partial charge >= 0.3 is 6.03 Å². The SMILES string of the molecule is CC[C@@H](NC(=O)N(C)CCCn1nc(C)cc1C)c1ncc(C)[nH]1. The van der Waals surface area contributed by atoms with Gasteiger partial charge in [0.2, 0.25) is 0 Å². The Kier molecular flexibility index (Phi) is 6.00. The Morgan fingerprint density at radius 1 is 1.42 bits per heavy atom. The lowest BCUT2D eigenvalue weighted by Gasteiger charge is -2.22. The fraction of sp³-hybridized carbons (Fsp3) is 0.588. The van der Waals surface area contributed by atoms with Crippen molar-refractivity contribution in [2.45, 2.75) is 53.1 Å². The topological polar surface area (TPSA) is 78.8 Å². The van der Waals surface area contributed by atoms with Crippen LogP contribution >= 0.6 is 0 Å². The number of nitrogens with zero attached hydrogens (tertiary/aromatic N) is 4. The lowest BCUT2D eigenvalue weighted by Crippen LogP contribution is -2.40. The average molecular weight is 332 g/mol. The van der Waals surface area contributed by atoms with Crippen LogP contribution in [0.25, 0.3) is 0 Å². The largest absolute Gasteiger partial charge is 0.344 e. The molecule has 0 spiro atoms. The number of carbonyl (C=O) groups is 1. The van der Waals surface area contributed by atoms with Crippen molar-refractivity contribution in [1.82, 2.24) is 30.0 Å². The molecule has 0 bridgehead atoms. The quantitative estimate of drug-likeness (QED) is 0.818. The molecule has 0 saturated carbocycles. The predicted molar refractivity (Wildman–Crippen MR) is 93.8 cm³/mol. The lowest BCUT2D eigenvalue weighted by atomic mass is 10.2. The average Bonchev–Trinajstić information content (AvgIpc) is 3.10. The molecule has 2 rings (SSSR count). The number of hydrogen-bond acceptors (Lipinski definition) is 3. The molecule has 2 aromatic heterocycles. The molecule has 0 radical (unpaired) electrons. The van der Waals surface area contributed by atoms with E-state index in [9.17, 15) is 4.79 Å². The number of H-pyrrole nitrogens is 1. The van der Waals surface area contributed by atoms with Crippen LogP contribution in [0.4, 0.5) is 4.79 Å². The van der Waals surface area contributed by atoms with Crippen molar-refractivity contribution in [1.29, 1.82) is 0 Å². The number of amides is 2. The van der Waals surface area contributed by atoms with E-state index in [-0.39, 0.29) is 12.1 Å². The van der Waals surface area contributed by atoms with Crippen molar-refractivity contribution in [3.05, 3.63) is 35.2 Å². The van der Waals surface area contributed by atoms with Crippen molar-refractivity contribution >= 4 is 6.03 Å². The van der Waals surface area contributed by atoms with E-state index >= 15 is 0 Å². The van der Waals surface area contributed by atoms with Crippen LogP contribution in [-0.4, -0.2) is 44.3 Å². The lowest BCUT2D eigenvalue weighted by molar-refractivity contribution is 0.202. The van der Waals surface area contributed by atoms with Crippen LogP contribution in [0.1, 0.15) is 48.7 Å². The Morgan fingerprint density at radius 3 is 2.71 bits per heavy atom. The second kappa shape index (κ2) is 7.99. The summed E-state index contributed by atoms with van der Waals surface area (Å²) in [5.41, 5.74) is 3.17. The van der Waals surface area contributed by atoms with Crippen molar-refractivity contribution in [2.24, 2.45) is 0 Å². The molecular weight excluding hydrogens is 304 g/mol. The Morgan fingerprint density at radius 2 is 2.17 bits per heavy atom. The Hall–Kier alpha value is -2.31. The maximum Gasteiger partial charge on any atom is 0.317 e. The second-order valence-corrected chi connectivity index (χ2v) is 6.29. The van der Waals surface area contributed by atoms with Crippen LogP contribution in [0.15, 0.2) is 12.3 Å². The fourth-order valence-corrected chi connectivity index (χ4v) is 2.69. The third kappa shape index (κ3) is 4.59. The summed E-state index contributed by atoms with van der Waals surface area (Å²) in [6.45, 7) is 9.52. The molecule has 0 saturated heterocycles. The van der Waals surface area contributed by atoms with Gasteiger partial charge in [0.1, 0.15) is 5.82 Å². The molecule has 7 heteroatoms. The van der Waals surface area contributed by atoms with Crippen LogP contribution in [0.5, 0.6) is 0 Å². The van der Waals surface area contributed by atoms with E-state index in [2.05, 4.69) is 26.4 Å². The minimum Gasteiger partial charge on any atom is -0.344 e. The van der Waals surface area contributed by atoms with E-state index in [1.54, 1.807) is 11.1 Å². The number of aromatic nitrogens is 4. The van der Waals surface area contributed by atoms with E-state index in [0.29, 0.717) is 6.54 Å². The molecule has 0 aliphatic heterocycles. The Bertz CT molecular complexity index is 674. The summed E-state index contributed by atoms with van der Waals surface area (Å²) < 4.78 is 1.99. The maximum atomic E-state index is 12.4. The van der Waals surface area contributed by atoms with Crippen molar-refractivity contribution in [2.75, 3.05) is 13.6 Å². The molecule has 0 aliphatic carbocycles. The Balaban J connectivity index is 1.81. The molecule has 0 aliphatic rings. The molecule has 7 nitrogen and oxygen atoms in total. The number of urea groups is 1. The number of nitrogens with one attached hydrogen (secondary N) is 2. The first-order chi connectivity index (χ1) is 11.4. The highest BCUT2D eigenvalue weighted by Gasteiger charge is 2.17. The highest BCUT2D eigenvalue weighted by atomic mass is 16.2. The number of aryl methyl sites for hydroxylation is 4. The molecule has 2 N–H and O–H groups in total. The molecule has 2 amide bonds. The normalized spacial score (nSPS) is 12.2. The van der Waals surface area contributed by atoms with Crippen LogP contribution in [0.2, 0.25) is 0 Å². The zero-order valence-corrected chi connectivity index (χ0v) is 15.3. The predicted octanol–water partition coefficient (Wildman–Crippen LogP) is 2.71. The van der Waals surface area contributed by atoms with Crippen LogP contribution in [-0.2, 0) is 6.54 Å². The minimum atomic E-state index is -0.0929. The third-order valence-corrected chi connectivity index (χ3v) is 4.07. The smallest absolute Gasteiger partial charge is 0.317 e. The van der Waals surface area contributed by atoms with E-state index in [0.717, 1.165) is 42.3 Å². The molecule has 1 atom stereocenters. The van der Waals surface area contributed by atoms with E-state index in [4.69, 9.17) is 0 Å². The van der Waals surface area contributed by atoms with Gasteiger partial charge in [0.25, 0.3) is 0 Å². The van der Waals surface area contributed by atoms with Gasteiger partial charge in [-0.1, -0.05) is 6.92 Å².